The van der Waals surface area contributed by atoms with Crippen LogP contribution in [-0.4, -0.2) is 41.0 Å². The van der Waals surface area contributed by atoms with Gasteiger partial charge in [0, 0.05) is 13.0 Å². The summed E-state index contributed by atoms with van der Waals surface area (Å²) < 4.78 is 33.8. The summed E-state index contributed by atoms with van der Waals surface area (Å²) in [4.78, 5) is 3.85. The number of aromatic nitrogens is 2. The van der Waals surface area contributed by atoms with E-state index in [1.165, 1.54) is 0 Å². The maximum atomic E-state index is 12.0. The molecule has 0 spiro atoms. The molecule has 1 aromatic rings. The van der Waals surface area contributed by atoms with Gasteiger partial charge in [0.2, 0.25) is 5.89 Å². The summed E-state index contributed by atoms with van der Waals surface area (Å²) in [6.45, 7) is 2.91. The Labute approximate surface area is 91.4 Å². The number of halogens is 2. The molecule has 92 valence electrons. The molecule has 7 heteroatoms. The minimum Gasteiger partial charge on any atom is -0.387 e. The van der Waals surface area contributed by atoms with Crippen molar-refractivity contribution in [3.63, 3.8) is 0 Å². The zero-order valence-electron chi connectivity index (χ0n) is 8.90. The molecule has 1 unspecified atom stereocenters. The van der Waals surface area contributed by atoms with E-state index in [4.69, 9.17) is 14.4 Å². The van der Waals surface area contributed by atoms with Crippen LogP contribution >= 0.6 is 0 Å². The second-order valence-electron chi connectivity index (χ2n) is 3.16. The van der Waals surface area contributed by atoms with Gasteiger partial charge in [-0.15, -0.1) is 0 Å². The van der Waals surface area contributed by atoms with Crippen LogP contribution in [0.1, 0.15) is 18.6 Å². The number of aliphatic hydroxyl groups excluding tert-OH is 1. The Balaban J connectivity index is 2.39. The van der Waals surface area contributed by atoms with Crippen molar-refractivity contribution in [2.75, 3.05) is 13.2 Å². The lowest BCUT2D eigenvalue weighted by Crippen LogP contribution is -2.20. The molecule has 1 atom stereocenters. The van der Waals surface area contributed by atoms with Gasteiger partial charge in [-0.3, -0.25) is 0 Å². The number of hydrogen-bond acceptors (Lipinski definition) is 5. The summed E-state index contributed by atoms with van der Waals surface area (Å²) in [6.07, 6.45) is -4.44. The molecular formula is C9H14F2N2O3. The highest BCUT2D eigenvalue weighted by Crippen LogP contribution is 2.08. The maximum Gasteiger partial charge on any atom is 0.264 e. The first-order valence-corrected chi connectivity index (χ1v) is 4.99. The van der Waals surface area contributed by atoms with Gasteiger partial charge in [-0.25, -0.2) is 8.78 Å². The molecule has 0 saturated carbocycles. The number of rotatable bonds is 7. The fourth-order valence-corrected chi connectivity index (χ4v) is 1.05. The van der Waals surface area contributed by atoms with Crippen molar-refractivity contribution in [2.45, 2.75) is 32.3 Å². The molecule has 0 saturated heterocycles. The summed E-state index contributed by atoms with van der Waals surface area (Å²) in [7, 11) is 0. The van der Waals surface area contributed by atoms with E-state index in [-0.39, 0.29) is 12.3 Å². The highest BCUT2D eigenvalue weighted by Gasteiger charge is 2.20. The quantitative estimate of drug-likeness (QED) is 0.710. The molecule has 0 aliphatic rings. The molecule has 0 fully saturated rings. The van der Waals surface area contributed by atoms with Gasteiger partial charge in [0.05, 0.1) is 13.0 Å². The zero-order valence-corrected chi connectivity index (χ0v) is 8.90. The first kappa shape index (κ1) is 13.0. The van der Waals surface area contributed by atoms with Gasteiger partial charge in [0.15, 0.2) is 5.82 Å². The molecule has 1 N–H and O–H groups in total. The summed E-state index contributed by atoms with van der Waals surface area (Å²) >= 11 is 0. The molecule has 16 heavy (non-hydrogen) atoms. The van der Waals surface area contributed by atoms with Crippen molar-refractivity contribution in [3.8, 4) is 0 Å². The van der Waals surface area contributed by atoms with Crippen LogP contribution in [0.5, 0.6) is 0 Å². The van der Waals surface area contributed by atoms with Crippen molar-refractivity contribution in [3.05, 3.63) is 11.7 Å². The standard InChI is InChI=1S/C9H14F2N2O3/c1-2-15-4-3-7-12-8(16-13-7)5-6(14)9(10)11/h6,9,14H,2-5H2,1H3. The fourth-order valence-electron chi connectivity index (χ4n) is 1.05. The molecule has 0 aliphatic heterocycles. The molecule has 5 nitrogen and oxygen atoms in total. The Hall–Kier alpha value is -1.08. The first-order valence-electron chi connectivity index (χ1n) is 4.99. The molecule has 1 aromatic heterocycles. The molecule has 1 heterocycles. The summed E-state index contributed by atoms with van der Waals surface area (Å²) in [5.41, 5.74) is 0. The van der Waals surface area contributed by atoms with Crippen LogP contribution in [0.15, 0.2) is 4.52 Å². The third kappa shape index (κ3) is 4.19. The normalized spacial score (nSPS) is 13.3. The van der Waals surface area contributed by atoms with Gasteiger partial charge in [0.25, 0.3) is 6.43 Å². The van der Waals surface area contributed by atoms with E-state index in [1.54, 1.807) is 0 Å². The summed E-state index contributed by atoms with van der Waals surface area (Å²) in [6, 6.07) is 0. The van der Waals surface area contributed by atoms with E-state index in [1.807, 2.05) is 6.92 Å². The first-order chi connectivity index (χ1) is 7.63. The number of hydrogen-bond donors (Lipinski definition) is 1. The number of alkyl halides is 2. The minimum atomic E-state index is -2.81. The van der Waals surface area contributed by atoms with E-state index >= 15 is 0 Å². The minimum absolute atomic E-state index is 0.0132. The Morgan fingerprint density at radius 1 is 1.50 bits per heavy atom. The molecule has 0 radical (unpaired) electrons. The molecule has 0 aliphatic carbocycles. The fraction of sp³-hybridized carbons (Fsp3) is 0.778. The largest absolute Gasteiger partial charge is 0.387 e. The van der Waals surface area contributed by atoms with Gasteiger partial charge in [-0.05, 0) is 6.92 Å². The van der Waals surface area contributed by atoms with Gasteiger partial charge in [-0.1, -0.05) is 5.16 Å². The van der Waals surface area contributed by atoms with Gasteiger partial charge >= 0.3 is 0 Å². The predicted octanol–water partition coefficient (Wildman–Crippen LogP) is 0.817. The van der Waals surface area contributed by atoms with Gasteiger partial charge in [0.1, 0.15) is 6.10 Å². The van der Waals surface area contributed by atoms with Crippen LogP contribution in [0.2, 0.25) is 0 Å². The molecule has 1 rings (SSSR count). The van der Waals surface area contributed by atoms with Gasteiger partial charge in [-0.2, -0.15) is 4.98 Å². The predicted molar refractivity (Wildman–Crippen MR) is 50.2 cm³/mol. The zero-order chi connectivity index (χ0) is 12.0. The van der Waals surface area contributed by atoms with Crippen LogP contribution in [-0.2, 0) is 17.6 Å². The third-order valence-corrected chi connectivity index (χ3v) is 1.86. The molecular weight excluding hydrogens is 222 g/mol. The third-order valence-electron chi connectivity index (χ3n) is 1.86. The topological polar surface area (TPSA) is 68.4 Å². The van der Waals surface area contributed by atoms with E-state index in [2.05, 4.69) is 10.1 Å². The van der Waals surface area contributed by atoms with Crippen LogP contribution in [0.3, 0.4) is 0 Å². The van der Waals surface area contributed by atoms with Crippen molar-refractivity contribution < 1.29 is 23.1 Å². The number of aliphatic hydroxyl groups is 1. The Kier molecular flexibility index (Phi) is 5.27. The lowest BCUT2D eigenvalue weighted by Gasteiger charge is -2.04. The second kappa shape index (κ2) is 6.49. The number of ether oxygens (including phenoxy) is 1. The maximum absolute atomic E-state index is 12.0. The smallest absolute Gasteiger partial charge is 0.264 e. The van der Waals surface area contributed by atoms with Gasteiger partial charge < -0.3 is 14.4 Å². The lowest BCUT2D eigenvalue weighted by atomic mass is 10.2. The van der Waals surface area contributed by atoms with Crippen LogP contribution in [0.25, 0.3) is 0 Å². The summed E-state index contributed by atoms with van der Waals surface area (Å²) in [5, 5.41) is 12.5. The van der Waals surface area contributed by atoms with Crippen molar-refractivity contribution in [1.82, 2.24) is 10.1 Å². The van der Waals surface area contributed by atoms with E-state index in [0.717, 1.165) is 0 Å². The lowest BCUT2D eigenvalue weighted by molar-refractivity contribution is -0.00754. The Morgan fingerprint density at radius 3 is 2.88 bits per heavy atom. The van der Waals surface area contributed by atoms with E-state index in [9.17, 15) is 8.78 Å². The number of nitrogens with zero attached hydrogens (tertiary/aromatic N) is 2. The Bertz CT molecular complexity index is 307. The average Bonchev–Trinajstić information content (AvgIpc) is 2.66. The van der Waals surface area contributed by atoms with Crippen molar-refractivity contribution in [1.29, 1.82) is 0 Å². The highest BCUT2D eigenvalue weighted by atomic mass is 19.3. The summed E-state index contributed by atoms with van der Waals surface area (Å²) in [5.74, 6) is 0.407. The SMILES string of the molecule is CCOCCc1noc(CC(O)C(F)F)n1. The van der Waals surface area contributed by atoms with Crippen molar-refractivity contribution >= 4 is 0 Å². The Morgan fingerprint density at radius 2 is 2.25 bits per heavy atom. The molecule has 0 bridgehead atoms. The van der Waals surface area contributed by atoms with Crippen LogP contribution < -0.4 is 0 Å². The second-order valence-corrected chi connectivity index (χ2v) is 3.16. The van der Waals surface area contributed by atoms with Crippen LogP contribution in [0, 0.1) is 0 Å². The van der Waals surface area contributed by atoms with Crippen LogP contribution in [0.4, 0.5) is 8.78 Å². The van der Waals surface area contributed by atoms with E-state index < -0.39 is 12.5 Å². The monoisotopic (exact) mass is 236 g/mol. The molecule has 0 aromatic carbocycles. The average molecular weight is 236 g/mol. The van der Waals surface area contributed by atoms with Crippen molar-refractivity contribution in [2.24, 2.45) is 0 Å². The molecule has 0 amide bonds. The van der Waals surface area contributed by atoms with E-state index in [0.29, 0.717) is 25.5 Å². The highest BCUT2D eigenvalue weighted by molar-refractivity contribution is 4.88.